The second-order valence-corrected chi connectivity index (χ2v) is 8.78. The fraction of sp³-hybridized carbons (Fsp3) is 0.762. The first-order chi connectivity index (χ1) is 13.6. The summed E-state index contributed by atoms with van der Waals surface area (Å²) in [5.41, 5.74) is 0. The molecule has 154 valence electrons. The molecule has 1 saturated carbocycles. The first kappa shape index (κ1) is 19.4. The minimum Gasteiger partial charge on any atom is -0.376 e. The predicted molar refractivity (Wildman–Crippen MR) is 109 cm³/mol. The van der Waals surface area contributed by atoms with Crippen molar-refractivity contribution in [2.75, 3.05) is 29.9 Å². The van der Waals surface area contributed by atoms with E-state index in [1.807, 2.05) is 0 Å². The summed E-state index contributed by atoms with van der Waals surface area (Å²) in [6.45, 7) is 7.09. The Hall–Kier alpha value is -1.89. The van der Waals surface area contributed by atoms with Gasteiger partial charge in [-0.2, -0.15) is 0 Å². The van der Waals surface area contributed by atoms with E-state index in [0.29, 0.717) is 18.0 Å². The quantitative estimate of drug-likeness (QED) is 0.781. The topological polar surface area (TPSA) is 79.4 Å². The lowest BCUT2D eigenvalue weighted by Crippen LogP contribution is -2.45. The summed E-state index contributed by atoms with van der Waals surface area (Å²) in [6.07, 6.45) is 8.11. The average Bonchev–Trinajstić information content (AvgIpc) is 3.54. The number of carbonyl (C=O) groups is 1. The van der Waals surface area contributed by atoms with Crippen molar-refractivity contribution in [3.63, 3.8) is 0 Å². The van der Waals surface area contributed by atoms with Gasteiger partial charge in [0.15, 0.2) is 0 Å². The SMILES string of the molecule is CC(C)[C@@H]1OCCC[C@H]1Nc1cc(N2CCC(NC(=O)C3CC3)CC2)ncn1. The van der Waals surface area contributed by atoms with Crippen LogP contribution >= 0.6 is 0 Å². The summed E-state index contributed by atoms with van der Waals surface area (Å²) in [6, 6.07) is 2.64. The molecule has 1 amide bonds. The average molecular weight is 388 g/mol. The van der Waals surface area contributed by atoms with Crippen molar-refractivity contribution in [2.24, 2.45) is 11.8 Å². The number of hydrogen-bond donors (Lipinski definition) is 2. The van der Waals surface area contributed by atoms with Crippen molar-refractivity contribution in [3.8, 4) is 0 Å². The van der Waals surface area contributed by atoms with Gasteiger partial charge in [-0.15, -0.1) is 0 Å². The Labute approximate surface area is 167 Å². The van der Waals surface area contributed by atoms with Crippen LogP contribution in [-0.2, 0) is 9.53 Å². The summed E-state index contributed by atoms with van der Waals surface area (Å²) < 4.78 is 5.98. The van der Waals surface area contributed by atoms with Crippen molar-refractivity contribution in [1.82, 2.24) is 15.3 Å². The van der Waals surface area contributed by atoms with E-state index in [9.17, 15) is 4.79 Å². The molecule has 0 spiro atoms. The third-order valence-electron chi connectivity index (χ3n) is 6.12. The molecule has 2 atom stereocenters. The van der Waals surface area contributed by atoms with Gasteiger partial charge < -0.3 is 20.3 Å². The van der Waals surface area contributed by atoms with Gasteiger partial charge in [0.2, 0.25) is 5.91 Å². The van der Waals surface area contributed by atoms with Crippen molar-refractivity contribution in [2.45, 2.75) is 70.6 Å². The Morgan fingerprint density at radius 3 is 2.68 bits per heavy atom. The molecular weight excluding hydrogens is 354 g/mol. The Bertz CT molecular complexity index is 671. The maximum Gasteiger partial charge on any atom is 0.223 e. The van der Waals surface area contributed by atoms with Crippen LogP contribution in [0, 0.1) is 11.8 Å². The van der Waals surface area contributed by atoms with Gasteiger partial charge in [-0.3, -0.25) is 4.79 Å². The van der Waals surface area contributed by atoms with E-state index in [-0.39, 0.29) is 17.9 Å². The molecule has 0 aromatic carbocycles. The smallest absolute Gasteiger partial charge is 0.223 e. The fourth-order valence-electron chi connectivity index (χ4n) is 4.32. The molecule has 2 saturated heterocycles. The largest absolute Gasteiger partial charge is 0.376 e. The van der Waals surface area contributed by atoms with Gasteiger partial charge in [0.05, 0.1) is 12.1 Å². The van der Waals surface area contributed by atoms with Crippen LogP contribution in [0.5, 0.6) is 0 Å². The van der Waals surface area contributed by atoms with Gasteiger partial charge in [0, 0.05) is 37.7 Å². The second kappa shape index (κ2) is 8.64. The van der Waals surface area contributed by atoms with E-state index in [0.717, 1.165) is 69.9 Å². The van der Waals surface area contributed by atoms with Gasteiger partial charge in [-0.05, 0) is 44.4 Å². The number of aromatic nitrogens is 2. The number of anilines is 2. The summed E-state index contributed by atoms with van der Waals surface area (Å²) in [4.78, 5) is 23.2. The van der Waals surface area contributed by atoms with Crippen LogP contribution in [0.25, 0.3) is 0 Å². The van der Waals surface area contributed by atoms with E-state index < -0.39 is 0 Å². The lowest BCUT2D eigenvalue weighted by molar-refractivity contribution is -0.123. The minimum atomic E-state index is 0.220. The number of rotatable bonds is 6. The fourth-order valence-corrected chi connectivity index (χ4v) is 4.32. The van der Waals surface area contributed by atoms with E-state index in [2.05, 4.69) is 45.4 Å². The third kappa shape index (κ3) is 4.74. The molecular formula is C21H33N5O2. The van der Waals surface area contributed by atoms with E-state index in [1.54, 1.807) is 6.33 Å². The van der Waals surface area contributed by atoms with Gasteiger partial charge in [-0.1, -0.05) is 13.8 Å². The highest BCUT2D eigenvalue weighted by atomic mass is 16.5. The van der Waals surface area contributed by atoms with Gasteiger partial charge in [0.25, 0.3) is 0 Å². The van der Waals surface area contributed by atoms with Crippen LogP contribution in [0.3, 0.4) is 0 Å². The zero-order chi connectivity index (χ0) is 19.5. The Morgan fingerprint density at radius 1 is 1.18 bits per heavy atom. The molecule has 7 heteroatoms. The molecule has 3 fully saturated rings. The Kier molecular flexibility index (Phi) is 5.99. The molecule has 1 aliphatic carbocycles. The standard InChI is InChI=1S/C21H33N5O2/c1-14(2)20-17(4-3-11-28-20)25-18-12-19(23-13-22-18)26-9-7-16(8-10-26)24-21(27)15-5-6-15/h12-17,20H,3-11H2,1-2H3,(H,24,27)(H,22,23,25)/t17-,20+/m1/s1. The first-order valence-corrected chi connectivity index (χ1v) is 10.9. The lowest BCUT2D eigenvalue weighted by atomic mass is 9.93. The number of carbonyl (C=O) groups excluding carboxylic acids is 1. The third-order valence-corrected chi connectivity index (χ3v) is 6.12. The number of nitrogens with zero attached hydrogens (tertiary/aromatic N) is 3. The molecule has 0 bridgehead atoms. The van der Waals surface area contributed by atoms with Crippen LogP contribution in [0.15, 0.2) is 12.4 Å². The number of hydrogen-bond acceptors (Lipinski definition) is 6. The highest BCUT2D eigenvalue weighted by Gasteiger charge is 2.32. The molecule has 3 aliphatic rings. The maximum atomic E-state index is 12.0. The molecule has 28 heavy (non-hydrogen) atoms. The van der Waals surface area contributed by atoms with Crippen molar-refractivity contribution in [3.05, 3.63) is 12.4 Å². The van der Waals surface area contributed by atoms with Crippen LogP contribution in [0.1, 0.15) is 52.4 Å². The van der Waals surface area contributed by atoms with E-state index >= 15 is 0 Å². The molecule has 1 aromatic heterocycles. The molecule has 4 rings (SSSR count). The van der Waals surface area contributed by atoms with Crippen LogP contribution in [-0.4, -0.2) is 53.8 Å². The number of ether oxygens (including phenoxy) is 1. The molecule has 0 unspecified atom stereocenters. The molecule has 0 radical (unpaired) electrons. The van der Waals surface area contributed by atoms with Crippen LogP contribution in [0.2, 0.25) is 0 Å². The molecule has 3 heterocycles. The Balaban J connectivity index is 1.33. The van der Waals surface area contributed by atoms with E-state index in [4.69, 9.17) is 4.74 Å². The summed E-state index contributed by atoms with van der Waals surface area (Å²) in [5, 5.41) is 6.80. The zero-order valence-corrected chi connectivity index (χ0v) is 17.1. The molecule has 1 aromatic rings. The normalized spacial score (nSPS) is 26.3. The summed E-state index contributed by atoms with van der Waals surface area (Å²) in [5.74, 6) is 2.84. The monoisotopic (exact) mass is 387 g/mol. The van der Waals surface area contributed by atoms with Crippen LogP contribution < -0.4 is 15.5 Å². The highest BCUT2D eigenvalue weighted by molar-refractivity contribution is 5.81. The minimum absolute atomic E-state index is 0.220. The highest BCUT2D eigenvalue weighted by Crippen LogP contribution is 2.30. The molecule has 2 N–H and O–H groups in total. The number of amides is 1. The van der Waals surface area contributed by atoms with Gasteiger partial charge in [0.1, 0.15) is 18.0 Å². The lowest BCUT2D eigenvalue weighted by Gasteiger charge is -2.35. The predicted octanol–water partition coefficient (Wildman–Crippen LogP) is 2.59. The van der Waals surface area contributed by atoms with E-state index in [1.165, 1.54) is 0 Å². The van der Waals surface area contributed by atoms with Crippen molar-refractivity contribution < 1.29 is 9.53 Å². The van der Waals surface area contributed by atoms with Crippen molar-refractivity contribution in [1.29, 1.82) is 0 Å². The van der Waals surface area contributed by atoms with Crippen LogP contribution in [0.4, 0.5) is 11.6 Å². The molecule has 7 nitrogen and oxygen atoms in total. The number of piperidine rings is 1. The summed E-state index contributed by atoms with van der Waals surface area (Å²) in [7, 11) is 0. The van der Waals surface area contributed by atoms with Gasteiger partial charge in [-0.25, -0.2) is 9.97 Å². The molecule has 2 aliphatic heterocycles. The summed E-state index contributed by atoms with van der Waals surface area (Å²) >= 11 is 0. The second-order valence-electron chi connectivity index (χ2n) is 8.78. The zero-order valence-electron chi connectivity index (χ0n) is 17.1. The van der Waals surface area contributed by atoms with Gasteiger partial charge >= 0.3 is 0 Å². The number of nitrogens with one attached hydrogen (secondary N) is 2. The maximum absolute atomic E-state index is 12.0. The van der Waals surface area contributed by atoms with Crippen molar-refractivity contribution >= 4 is 17.5 Å². The first-order valence-electron chi connectivity index (χ1n) is 10.9. The Morgan fingerprint density at radius 2 is 1.96 bits per heavy atom.